The molecule has 3 heteroatoms. The van der Waals surface area contributed by atoms with Crippen LogP contribution in [0.3, 0.4) is 0 Å². The smallest absolute Gasteiger partial charge is 0.242 e. The number of rotatable bonds is 1. The predicted octanol–water partition coefficient (Wildman–Crippen LogP) is 2.16. The highest BCUT2D eigenvalue weighted by molar-refractivity contribution is 4.77. The van der Waals surface area contributed by atoms with Crippen LogP contribution in [0.15, 0.2) is 0 Å². The van der Waals surface area contributed by atoms with Crippen LogP contribution < -0.4 is 5.73 Å². The van der Waals surface area contributed by atoms with Gasteiger partial charge in [0.2, 0.25) is 6.43 Å². The number of hydrogen-bond donors (Lipinski definition) is 1. The summed E-state index contributed by atoms with van der Waals surface area (Å²) in [6.45, 7) is 0. The van der Waals surface area contributed by atoms with Crippen molar-refractivity contribution in [3.05, 3.63) is 0 Å². The quantitative estimate of drug-likeness (QED) is 0.589. The third-order valence-electron chi connectivity index (χ3n) is 2.45. The molecular formula is C8H15F2N. The maximum atomic E-state index is 12.3. The van der Waals surface area contributed by atoms with E-state index in [-0.39, 0.29) is 6.04 Å². The topological polar surface area (TPSA) is 26.0 Å². The molecule has 1 fully saturated rings. The fourth-order valence-corrected chi connectivity index (χ4v) is 1.68. The van der Waals surface area contributed by atoms with E-state index in [1.165, 1.54) is 0 Å². The van der Waals surface area contributed by atoms with Gasteiger partial charge < -0.3 is 5.73 Å². The second kappa shape index (κ2) is 4.00. The van der Waals surface area contributed by atoms with E-state index in [9.17, 15) is 8.78 Å². The van der Waals surface area contributed by atoms with Crippen molar-refractivity contribution in [2.24, 2.45) is 11.7 Å². The lowest BCUT2D eigenvalue weighted by Crippen LogP contribution is -2.33. The second-order valence-electron chi connectivity index (χ2n) is 3.30. The summed E-state index contributed by atoms with van der Waals surface area (Å²) in [5, 5.41) is 0. The molecule has 0 unspecified atom stereocenters. The Hall–Kier alpha value is -0.180. The van der Waals surface area contributed by atoms with Crippen molar-refractivity contribution in [3.63, 3.8) is 0 Å². The zero-order valence-corrected chi connectivity index (χ0v) is 6.60. The van der Waals surface area contributed by atoms with E-state index in [0.717, 1.165) is 25.7 Å². The number of nitrogens with two attached hydrogens (primary N) is 1. The average molecular weight is 163 g/mol. The second-order valence-corrected chi connectivity index (χ2v) is 3.30. The van der Waals surface area contributed by atoms with E-state index < -0.39 is 12.3 Å². The van der Waals surface area contributed by atoms with Crippen molar-refractivity contribution in [1.82, 2.24) is 0 Å². The maximum absolute atomic E-state index is 12.3. The van der Waals surface area contributed by atoms with Crippen molar-refractivity contribution in [3.8, 4) is 0 Å². The van der Waals surface area contributed by atoms with E-state index in [0.29, 0.717) is 6.42 Å². The summed E-state index contributed by atoms with van der Waals surface area (Å²) in [6, 6.07) is -0.266. The van der Waals surface area contributed by atoms with E-state index in [1.807, 2.05) is 0 Å². The molecule has 2 atom stereocenters. The molecule has 0 aliphatic heterocycles. The minimum absolute atomic E-state index is 0.266. The monoisotopic (exact) mass is 163 g/mol. The third kappa shape index (κ3) is 2.40. The van der Waals surface area contributed by atoms with E-state index >= 15 is 0 Å². The summed E-state index contributed by atoms with van der Waals surface area (Å²) < 4.78 is 24.5. The zero-order valence-electron chi connectivity index (χ0n) is 6.60. The highest BCUT2D eigenvalue weighted by atomic mass is 19.3. The molecule has 0 aromatic carbocycles. The van der Waals surface area contributed by atoms with Crippen LogP contribution >= 0.6 is 0 Å². The van der Waals surface area contributed by atoms with Crippen LogP contribution in [-0.4, -0.2) is 12.5 Å². The molecule has 0 aromatic heterocycles. The van der Waals surface area contributed by atoms with Gasteiger partial charge in [0.05, 0.1) is 0 Å². The van der Waals surface area contributed by atoms with Gasteiger partial charge in [-0.1, -0.05) is 19.3 Å². The Morgan fingerprint density at radius 1 is 1.09 bits per heavy atom. The van der Waals surface area contributed by atoms with Gasteiger partial charge >= 0.3 is 0 Å². The predicted molar refractivity (Wildman–Crippen MR) is 40.6 cm³/mol. The molecule has 0 spiro atoms. The van der Waals surface area contributed by atoms with E-state index in [4.69, 9.17) is 5.73 Å². The molecule has 0 heterocycles. The van der Waals surface area contributed by atoms with Crippen molar-refractivity contribution < 1.29 is 8.78 Å². The van der Waals surface area contributed by atoms with Gasteiger partial charge in [0.25, 0.3) is 0 Å². The first-order valence-corrected chi connectivity index (χ1v) is 4.25. The molecule has 1 aliphatic rings. The summed E-state index contributed by atoms with van der Waals surface area (Å²) in [5.41, 5.74) is 5.60. The van der Waals surface area contributed by atoms with E-state index in [1.54, 1.807) is 0 Å². The summed E-state index contributed by atoms with van der Waals surface area (Å²) >= 11 is 0. The highest BCUT2D eigenvalue weighted by Crippen LogP contribution is 2.26. The molecule has 0 radical (unpaired) electrons. The Labute approximate surface area is 66.0 Å². The van der Waals surface area contributed by atoms with Crippen LogP contribution in [0.25, 0.3) is 0 Å². The lowest BCUT2D eigenvalue weighted by molar-refractivity contribution is 0.0591. The van der Waals surface area contributed by atoms with Gasteiger partial charge in [0, 0.05) is 12.0 Å². The Kier molecular flexibility index (Phi) is 3.24. The fourth-order valence-electron chi connectivity index (χ4n) is 1.68. The Bertz CT molecular complexity index is 117. The number of hydrogen-bond acceptors (Lipinski definition) is 1. The largest absolute Gasteiger partial charge is 0.327 e. The SMILES string of the molecule is N[C@H]1CCCCC[C@H]1C(F)F. The molecule has 1 aliphatic carbocycles. The van der Waals surface area contributed by atoms with Crippen LogP contribution in [0.5, 0.6) is 0 Å². The van der Waals surface area contributed by atoms with Gasteiger partial charge in [-0.3, -0.25) is 0 Å². The van der Waals surface area contributed by atoms with Crippen LogP contribution in [-0.2, 0) is 0 Å². The molecule has 0 amide bonds. The molecule has 0 aromatic rings. The van der Waals surface area contributed by atoms with Gasteiger partial charge in [-0.25, -0.2) is 8.78 Å². The zero-order chi connectivity index (χ0) is 8.27. The summed E-state index contributed by atoms with van der Waals surface area (Å²) in [6.07, 6.45) is 2.17. The summed E-state index contributed by atoms with van der Waals surface area (Å²) in [7, 11) is 0. The number of alkyl halides is 2. The minimum atomic E-state index is -2.22. The normalized spacial score (nSPS) is 33.8. The van der Waals surface area contributed by atoms with Crippen LogP contribution in [0.4, 0.5) is 8.78 Å². The van der Waals surface area contributed by atoms with Gasteiger partial charge in [-0.2, -0.15) is 0 Å². The van der Waals surface area contributed by atoms with Crippen molar-refractivity contribution in [2.75, 3.05) is 0 Å². The molecule has 1 rings (SSSR count). The first kappa shape index (κ1) is 8.91. The van der Waals surface area contributed by atoms with Crippen molar-refractivity contribution in [1.29, 1.82) is 0 Å². The fraction of sp³-hybridized carbons (Fsp3) is 1.00. The van der Waals surface area contributed by atoms with Crippen LogP contribution in [0.1, 0.15) is 32.1 Å². The summed E-state index contributed by atoms with van der Waals surface area (Å²) in [5.74, 6) is -0.544. The van der Waals surface area contributed by atoms with Gasteiger partial charge in [0.15, 0.2) is 0 Å². The number of halogens is 2. The molecule has 1 saturated carbocycles. The van der Waals surface area contributed by atoms with Crippen LogP contribution in [0, 0.1) is 5.92 Å². The Morgan fingerprint density at radius 2 is 1.73 bits per heavy atom. The summed E-state index contributed by atoms with van der Waals surface area (Å²) in [4.78, 5) is 0. The van der Waals surface area contributed by atoms with Crippen molar-refractivity contribution >= 4 is 0 Å². The molecule has 0 saturated heterocycles. The minimum Gasteiger partial charge on any atom is -0.327 e. The average Bonchev–Trinajstić information content (AvgIpc) is 2.13. The molecule has 11 heavy (non-hydrogen) atoms. The lowest BCUT2D eigenvalue weighted by atomic mass is 9.96. The molecule has 0 bridgehead atoms. The Morgan fingerprint density at radius 3 is 2.36 bits per heavy atom. The lowest BCUT2D eigenvalue weighted by Gasteiger charge is -2.19. The van der Waals surface area contributed by atoms with E-state index in [2.05, 4.69) is 0 Å². The first-order valence-electron chi connectivity index (χ1n) is 4.25. The maximum Gasteiger partial charge on any atom is 0.242 e. The van der Waals surface area contributed by atoms with Gasteiger partial charge in [-0.05, 0) is 12.8 Å². The van der Waals surface area contributed by atoms with Gasteiger partial charge in [-0.15, -0.1) is 0 Å². The Balaban J connectivity index is 2.45. The molecule has 1 nitrogen and oxygen atoms in total. The standard InChI is InChI=1S/C8H15F2N/c9-8(10)6-4-2-1-3-5-7(6)11/h6-8H,1-5,11H2/t6-,7+/m1/s1. The molecule has 2 N–H and O–H groups in total. The van der Waals surface area contributed by atoms with Crippen molar-refractivity contribution in [2.45, 2.75) is 44.6 Å². The molecular weight excluding hydrogens is 148 g/mol. The third-order valence-corrected chi connectivity index (χ3v) is 2.45. The first-order chi connectivity index (χ1) is 5.22. The van der Waals surface area contributed by atoms with Crippen LogP contribution in [0.2, 0.25) is 0 Å². The molecule has 66 valence electrons. The van der Waals surface area contributed by atoms with Gasteiger partial charge in [0.1, 0.15) is 0 Å². The highest BCUT2D eigenvalue weighted by Gasteiger charge is 2.27.